The van der Waals surface area contributed by atoms with E-state index in [9.17, 15) is 4.79 Å². The molecule has 0 bridgehead atoms. The van der Waals surface area contributed by atoms with E-state index in [1.807, 2.05) is 13.0 Å². The van der Waals surface area contributed by atoms with Crippen LogP contribution in [0.3, 0.4) is 0 Å². The Bertz CT molecular complexity index is 160. The van der Waals surface area contributed by atoms with Crippen LogP contribution in [-0.4, -0.2) is 12.1 Å². The van der Waals surface area contributed by atoms with E-state index in [4.69, 9.17) is 10.00 Å². The minimum absolute atomic E-state index is 0.0767. The molecular formula is C8H13NO2. The molecule has 1 atom stereocenters. The van der Waals surface area contributed by atoms with Crippen molar-refractivity contribution in [1.82, 2.24) is 0 Å². The molecule has 0 N–H and O–H groups in total. The minimum atomic E-state index is -0.269. The van der Waals surface area contributed by atoms with Crippen molar-refractivity contribution < 1.29 is 9.53 Å². The Morgan fingerprint density at radius 1 is 1.73 bits per heavy atom. The fourth-order valence-corrected chi connectivity index (χ4v) is 0.807. The van der Waals surface area contributed by atoms with Gasteiger partial charge in [0.15, 0.2) is 0 Å². The highest BCUT2D eigenvalue weighted by Gasteiger charge is 2.07. The van der Waals surface area contributed by atoms with Gasteiger partial charge in [-0.15, -0.1) is 0 Å². The van der Waals surface area contributed by atoms with Crippen molar-refractivity contribution in [2.75, 3.05) is 0 Å². The summed E-state index contributed by atoms with van der Waals surface area (Å²) in [5.41, 5.74) is 0. The quantitative estimate of drug-likeness (QED) is 0.580. The minimum Gasteiger partial charge on any atom is -0.463 e. The van der Waals surface area contributed by atoms with E-state index in [0.29, 0.717) is 12.8 Å². The maximum absolute atomic E-state index is 10.5. The third-order valence-electron chi connectivity index (χ3n) is 1.37. The highest BCUT2D eigenvalue weighted by atomic mass is 16.5. The topological polar surface area (TPSA) is 50.1 Å². The van der Waals surface area contributed by atoms with Gasteiger partial charge in [-0.2, -0.15) is 5.26 Å². The molecule has 0 heterocycles. The molecule has 0 saturated carbocycles. The standard InChI is InChI=1S/C8H13NO2/c1-3-8(5-4-6-9)11-7(2)10/h8H,3-5H2,1-2H3. The van der Waals surface area contributed by atoms with Gasteiger partial charge in [0.25, 0.3) is 0 Å². The van der Waals surface area contributed by atoms with Crippen molar-refractivity contribution in [3.63, 3.8) is 0 Å². The largest absolute Gasteiger partial charge is 0.463 e. The van der Waals surface area contributed by atoms with Gasteiger partial charge in [0.2, 0.25) is 0 Å². The number of nitriles is 1. The molecule has 0 aliphatic heterocycles. The molecule has 0 amide bonds. The molecule has 0 aromatic carbocycles. The predicted molar refractivity (Wildman–Crippen MR) is 40.7 cm³/mol. The van der Waals surface area contributed by atoms with Gasteiger partial charge in [0, 0.05) is 13.3 Å². The zero-order valence-electron chi connectivity index (χ0n) is 6.96. The van der Waals surface area contributed by atoms with Gasteiger partial charge in [-0.05, 0) is 12.8 Å². The predicted octanol–water partition coefficient (Wildman–Crippen LogP) is 1.63. The van der Waals surface area contributed by atoms with Gasteiger partial charge in [-0.3, -0.25) is 4.79 Å². The van der Waals surface area contributed by atoms with Crippen LogP contribution < -0.4 is 0 Å². The molecular weight excluding hydrogens is 142 g/mol. The summed E-state index contributed by atoms with van der Waals surface area (Å²) in [6.45, 7) is 3.32. The van der Waals surface area contributed by atoms with Crippen molar-refractivity contribution in [1.29, 1.82) is 5.26 Å². The Kier molecular flexibility index (Phi) is 5.18. The molecule has 0 fully saturated rings. The van der Waals surface area contributed by atoms with Crippen LogP contribution in [0, 0.1) is 11.3 Å². The van der Waals surface area contributed by atoms with Gasteiger partial charge in [0.1, 0.15) is 6.10 Å². The molecule has 0 rings (SSSR count). The first-order valence-corrected chi connectivity index (χ1v) is 3.74. The van der Waals surface area contributed by atoms with Gasteiger partial charge in [0.05, 0.1) is 6.07 Å². The number of nitrogens with zero attached hydrogens (tertiary/aromatic N) is 1. The first-order chi connectivity index (χ1) is 5.20. The van der Waals surface area contributed by atoms with Crippen LogP contribution in [0.2, 0.25) is 0 Å². The van der Waals surface area contributed by atoms with Crippen LogP contribution in [0.25, 0.3) is 0 Å². The lowest BCUT2D eigenvalue weighted by Gasteiger charge is -2.12. The van der Waals surface area contributed by atoms with Crippen LogP contribution in [-0.2, 0) is 9.53 Å². The summed E-state index contributed by atoms with van der Waals surface area (Å²) in [6.07, 6.45) is 1.80. The summed E-state index contributed by atoms with van der Waals surface area (Å²) in [5, 5.41) is 8.25. The van der Waals surface area contributed by atoms with E-state index < -0.39 is 0 Å². The van der Waals surface area contributed by atoms with E-state index in [-0.39, 0.29) is 12.1 Å². The molecule has 0 aliphatic carbocycles. The van der Waals surface area contributed by atoms with Crippen LogP contribution in [0.15, 0.2) is 0 Å². The van der Waals surface area contributed by atoms with Gasteiger partial charge in [-0.25, -0.2) is 0 Å². The van der Waals surface area contributed by atoms with Crippen molar-refractivity contribution in [2.24, 2.45) is 0 Å². The number of rotatable bonds is 4. The normalized spacial score (nSPS) is 11.7. The number of hydrogen-bond donors (Lipinski definition) is 0. The average Bonchev–Trinajstić information content (AvgIpc) is 1.97. The lowest BCUT2D eigenvalue weighted by atomic mass is 10.1. The highest BCUT2D eigenvalue weighted by Crippen LogP contribution is 2.05. The lowest BCUT2D eigenvalue weighted by Crippen LogP contribution is -2.14. The first-order valence-electron chi connectivity index (χ1n) is 3.74. The van der Waals surface area contributed by atoms with Crippen molar-refractivity contribution >= 4 is 5.97 Å². The molecule has 3 heteroatoms. The fraction of sp³-hybridized carbons (Fsp3) is 0.750. The van der Waals surface area contributed by atoms with E-state index in [0.717, 1.165) is 6.42 Å². The molecule has 0 radical (unpaired) electrons. The average molecular weight is 155 g/mol. The summed E-state index contributed by atoms with van der Waals surface area (Å²) in [4.78, 5) is 10.5. The van der Waals surface area contributed by atoms with Gasteiger partial charge < -0.3 is 4.74 Å². The SMILES string of the molecule is CCC(CCC#N)OC(C)=O. The van der Waals surface area contributed by atoms with E-state index >= 15 is 0 Å². The smallest absolute Gasteiger partial charge is 0.302 e. The number of hydrogen-bond acceptors (Lipinski definition) is 3. The number of ether oxygens (including phenoxy) is 1. The molecule has 0 saturated heterocycles. The Morgan fingerprint density at radius 3 is 2.73 bits per heavy atom. The molecule has 0 aliphatic rings. The Hall–Kier alpha value is -1.04. The van der Waals surface area contributed by atoms with Crippen molar-refractivity contribution in [3.05, 3.63) is 0 Å². The summed E-state index contributed by atoms with van der Waals surface area (Å²) in [5.74, 6) is -0.269. The Balaban J connectivity index is 3.59. The van der Waals surface area contributed by atoms with Crippen LogP contribution >= 0.6 is 0 Å². The fourth-order valence-electron chi connectivity index (χ4n) is 0.807. The van der Waals surface area contributed by atoms with E-state index in [1.54, 1.807) is 0 Å². The first kappa shape index (κ1) is 9.96. The zero-order valence-corrected chi connectivity index (χ0v) is 6.96. The third kappa shape index (κ3) is 5.41. The molecule has 1 unspecified atom stereocenters. The Labute approximate surface area is 67.0 Å². The lowest BCUT2D eigenvalue weighted by molar-refractivity contribution is -0.146. The molecule has 62 valence electrons. The summed E-state index contributed by atoms with van der Waals surface area (Å²) < 4.78 is 4.91. The third-order valence-corrected chi connectivity index (χ3v) is 1.37. The van der Waals surface area contributed by atoms with Crippen molar-refractivity contribution in [2.45, 2.75) is 39.2 Å². The Morgan fingerprint density at radius 2 is 2.36 bits per heavy atom. The number of esters is 1. The van der Waals surface area contributed by atoms with Gasteiger partial charge >= 0.3 is 5.97 Å². The molecule has 11 heavy (non-hydrogen) atoms. The number of carbonyl (C=O) groups is 1. The highest BCUT2D eigenvalue weighted by molar-refractivity contribution is 5.66. The van der Waals surface area contributed by atoms with Crippen LogP contribution in [0.4, 0.5) is 0 Å². The molecule has 0 spiro atoms. The van der Waals surface area contributed by atoms with Gasteiger partial charge in [-0.1, -0.05) is 6.92 Å². The van der Waals surface area contributed by atoms with Crippen LogP contribution in [0.5, 0.6) is 0 Å². The maximum Gasteiger partial charge on any atom is 0.302 e. The van der Waals surface area contributed by atoms with Crippen LogP contribution in [0.1, 0.15) is 33.1 Å². The second kappa shape index (κ2) is 5.72. The van der Waals surface area contributed by atoms with E-state index in [1.165, 1.54) is 6.92 Å². The summed E-state index contributed by atoms with van der Waals surface area (Å²) in [7, 11) is 0. The maximum atomic E-state index is 10.5. The summed E-state index contributed by atoms with van der Waals surface area (Å²) >= 11 is 0. The van der Waals surface area contributed by atoms with E-state index in [2.05, 4.69) is 0 Å². The summed E-state index contributed by atoms with van der Waals surface area (Å²) in [6, 6.07) is 2.01. The zero-order chi connectivity index (χ0) is 8.69. The molecule has 3 nitrogen and oxygen atoms in total. The molecule has 0 aromatic rings. The second-order valence-electron chi connectivity index (χ2n) is 2.34. The van der Waals surface area contributed by atoms with Crippen molar-refractivity contribution in [3.8, 4) is 6.07 Å². The monoisotopic (exact) mass is 155 g/mol. The molecule has 0 aromatic heterocycles. The number of carbonyl (C=O) groups excluding carboxylic acids is 1. The second-order valence-corrected chi connectivity index (χ2v) is 2.34.